The van der Waals surface area contributed by atoms with Crippen molar-refractivity contribution >= 4 is 17.7 Å². The molecule has 0 fully saturated rings. The maximum Gasteiger partial charge on any atom is 0.137 e. The minimum absolute atomic E-state index is 0.508. The van der Waals surface area contributed by atoms with Crippen LogP contribution in [0, 0.1) is 0 Å². The molecule has 0 aliphatic carbocycles. The predicted octanol–water partition coefficient (Wildman–Crippen LogP) is 2.34. The van der Waals surface area contributed by atoms with E-state index in [0.717, 1.165) is 11.4 Å². The molecule has 1 rings (SSSR count). The van der Waals surface area contributed by atoms with Gasteiger partial charge in [0.25, 0.3) is 0 Å². The Labute approximate surface area is 76.8 Å². The molecule has 0 atom stereocenters. The van der Waals surface area contributed by atoms with Crippen LogP contribution in [0.25, 0.3) is 6.08 Å². The minimum Gasteiger partial charge on any atom is -0.495 e. The number of nitrogens with zero attached hydrogens (tertiary/aromatic N) is 1. The van der Waals surface area contributed by atoms with Crippen LogP contribution in [0.15, 0.2) is 24.4 Å². The third kappa shape index (κ3) is 2.55. The third-order valence-corrected chi connectivity index (χ3v) is 1.55. The number of allylic oxidation sites excluding steroid dienone is 1. The van der Waals surface area contributed by atoms with Crippen LogP contribution in [0.3, 0.4) is 0 Å². The number of ether oxygens (including phenoxy) is 1. The van der Waals surface area contributed by atoms with Gasteiger partial charge in [0, 0.05) is 5.88 Å². The number of aromatic nitrogens is 1. The summed E-state index contributed by atoms with van der Waals surface area (Å²) in [5, 5.41) is 0. The van der Waals surface area contributed by atoms with Crippen molar-refractivity contribution in [3.05, 3.63) is 30.1 Å². The van der Waals surface area contributed by atoms with Crippen molar-refractivity contribution in [1.82, 2.24) is 4.98 Å². The number of halogens is 1. The van der Waals surface area contributed by atoms with Crippen molar-refractivity contribution in [1.29, 1.82) is 0 Å². The van der Waals surface area contributed by atoms with Crippen LogP contribution < -0.4 is 4.74 Å². The van der Waals surface area contributed by atoms with E-state index >= 15 is 0 Å². The molecule has 0 aliphatic rings. The van der Waals surface area contributed by atoms with Crippen molar-refractivity contribution in [3.63, 3.8) is 0 Å². The van der Waals surface area contributed by atoms with Crippen LogP contribution in [0.2, 0.25) is 0 Å². The molecule has 0 unspecified atom stereocenters. The second kappa shape index (κ2) is 4.78. The molecule has 0 saturated carbocycles. The molecule has 0 saturated heterocycles. The van der Waals surface area contributed by atoms with Crippen LogP contribution in [0.4, 0.5) is 0 Å². The van der Waals surface area contributed by atoms with E-state index in [2.05, 4.69) is 4.98 Å². The average molecular weight is 184 g/mol. The molecule has 0 radical (unpaired) electrons. The standard InChI is InChI=1S/C9H10ClNO/c1-12-9-5-4-8(11-7-9)3-2-6-10/h2-5,7H,6H2,1H3. The van der Waals surface area contributed by atoms with Gasteiger partial charge < -0.3 is 4.74 Å². The number of rotatable bonds is 3. The Morgan fingerprint density at radius 3 is 2.92 bits per heavy atom. The van der Waals surface area contributed by atoms with Gasteiger partial charge in [0.05, 0.1) is 19.0 Å². The molecular weight excluding hydrogens is 174 g/mol. The van der Waals surface area contributed by atoms with E-state index < -0.39 is 0 Å². The second-order valence-corrected chi connectivity index (χ2v) is 2.49. The lowest BCUT2D eigenvalue weighted by atomic mass is 10.3. The summed E-state index contributed by atoms with van der Waals surface area (Å²) in [6, 6.07) is 3.74. The summed E-state index contributed by atoms with van der Waals surface area (Å²) in [4.78, 5) is 4.12. The molecule has 1 heterocycles. The Hall–Kier alpha value is -1.02. The molecule has 0 bridgehead atoms. The lowest BCUT2D eigenvalue weighted by Crippen LogP contribution is -1.85. The Bertz CT molecular complexity index is 256. The Morgan fingerprint density at radius 1 is 1.58 bits per heavy atom. The molecule has 3 heteroatoms. The smallest absolute Gasteiger partial charge is 0.137 e. The van der Waals surface area contributed by atoms with E-state index in [1.807, 2.05) is 24.3 Å². The summed E-state index contributed by atoms with van der Waals surface area (Å²) in [5.74, 6) is 1.27. The zero-order chi connectivity index (χ0) is 8.81. The first kappa shape index (κ1) is 9.07. The maximum atomic E-state index is 5.47. The zero-order valence-electron chi connectivity index (χ0n) is 6.83. The number of methoxy groups -OCH3 is 1. The van der Waals surface area contributed by atoms with Crippen LogP contribution in [0.1, 0.15) is 5.69 Å². The average Bonchev–Trinajstić information content (AvgIpc) is 2.15. The molecule has 0 aromatic carbocycles. The first-order chi connectivity index (χ1) is 5.86. The Balaban J connectivity index is 2.71. The molecule has 1 aromatic heterocycles. The number of hydrogen-bond donors (Lipinski definition) is 0. The fraction of sp³-hybridized carbons (Fsp3) is 0.222. The highest BCUT2D eigenvalue weighted by molar-refractivity contribution is 6.19. The van der Waals surface area contributed by atoms with Gasteiger partial charge in [0.2, 0.25) is 0 Å². The third-order valence-electron chi connectivity index (χ3n) is 1.37. The van der Waals surface area contributed by atoms with E-state index in [0.29, 0.717) is 5.88 Å². The van der Waals surface area contributed by atoms with Gasteiger partial charge in [-0.2, -0.15) is 0 Å². The topological polar surface area (TPSA) is 22.1 Å². The van der Waals surface area contributed by atoms with E-state index in [9.17, 15) is 0 Å². The number of hydrogen-bond acceptors (Lipinski definition) is 2. The fourth-order valence-electron chi connectivity index (χ4n) is 0.776. The molecule has 2 nitrogen and oxygen atoms in total. The summed E-state index contributed by atoms with van der Waals surface area (Å²) in [5.41, 5.74) is 0.886. The summed E-state index contributed by atoms with van der Waals surface area (Å²) < 4.78 is 4.96. The lowest BCUT2D eigenvalue weighted by molar-refractivity contribution is 0.413. The van der Waals surface area contributed by atoms with Crippen LogP contribution >= 0.6 is 11.6 Å². The highest BCUT2D eigenvalue weighted by atomic mass is 35.5. The fourth-order valence-corrected chi connectivity index (χ4v) is 0.865. The van der Waals surface area contributed by atoms with E-state index in [1.165, 1.54) is 0 Å². The van der Waals surface area contributed by atoms with Crippen molar-refractivity contribution < 1.29 is 4.74 Å². The first-order valence-corrected chi connectivity index (χ1v) is 4.13. The molecular formula is C9H10ClNO. The van der Waals surface area contributed by atoms with Crippen molar-refractivity contribution in [3.8, 4) is 5.75 Å². The predicted molar refractivity (Wildman–Crippen MR) is 50.5 cm³/mol. The number of pyridine rings is 1. The zero-order valence-corrected chi connectivity index (χ0v) is 7.58. The van der Waals surface area contributed by atoms with Gasteiger partial charge in [-0.3, -0.25) is 4.98 Å². The molecule has 64 valence electrons. The van der Waals surface area contributed by atoms with Crippen LogP contribution in [0.5, 0.6) is 5.75 Å². The van der Waals surface area contributed by atoms with E-state index in [-0.39, 0.29) is 0 Å². The van der Waals surface area contributed by atoms with Crippen molar-refractivity contribution in [2.75, 3.05) is 13.0 Å². The highest BCUT2D eigenvalue weighted by Gasteiger charge is 1.90. The van der Waals surface area contributed by atoms with Gasteiger partial charge in [-0.1, -0.05) is 6.08 Å². The highest BCUT2D eigenvalue weighted by Crippen LogP contribution is 2.08. The summed E-state index contributed by atoms with van der Waals surface area (Å²) in [6.07, 6.45) is 5.39. The van der Waals surface area contributed by atoms with Gasteiger partial charge in [-0.05, 0) is 18.2 Å². The van der Waals surface area contributed by atoms with E-state index in [4.69, 9.17) is 16.3 Å². The molecule has 0 N–H and O–H groups in total. The van der Waals surface area contributed by atoms with Crippen LogP contribution in [-0.4, -0.2) is 18.0 Å². The quantitative estimate of drug-likeness (QED) is 0.672. The van der Waals surface area contributed by atoms with Gasteiger partial charge in [-0.15, -0.1) is 11.6 Å². The van der Waals surface area contributed by atoms with Gasteiger partial charge in [0.1, 0.15) is 5.75 Å². The molecule has 0 spiro atoms. The number of alkyl halides is 1. The minimum atomic E-state index is 0.508. The largest absolute Gasteiger partial charge is 0.495 e. The first-order valence-electron chi connectivity index (χ1n) is 3.59. The monoisotopic (exact) mass is 183 g/mol. The second-order valence-electron chi connectivity index (χ2n) is 2.18. The normalized spacial score (nSPS) is 10.5. The molecule has 1 aromatic rings. The molecule has 12 heavy (non-hydrogen) atoms. The maximum absolute atomic E-state index is 5.47. The van der Waals surface area contributed by atoms with E-state index in [1.54, 1.807) is 13.3 Å². The van der Waals surface area contributed by atoms with Crippen molar-refractivity contribution in [2.24, 2.45) is 0 Å². The van der Waals surface area contributed by atoms with Gasteiger partial charge in [-0.25, -0.2) is 0 Å². The SMILES string of the molecule is COc1ccc(C=CCCl)nc1. The molecule has 0 amide bonds. The van der Waals surface area contributed by atoms with Gasteiger partial charge >= 0.3 is 0 Å². The lowest BCUT2D eigenvalue weighted by Gasteiger charge is -1.97. The Morgan fingerprint density at radius 2 is 2.42 bits per heavy atom. The summed E-state index contributed by atoms with van der Waals surface area (Å²) in [7, 11) is 1.62. The molecule has 0 aliphatic heterocycles. The van der Waals surface area contributed by atoms with Crippen molar-refractivity contribution in [2.45, 2.75) is 0 Å². The summed E-state index contributed by atoms with van der Waals surface area (Å²) in [6.45, 7) is 0. The van der Waals surface area contributed by atoms with Gasteiger partial charge in [0.15, 0.2) is 0 Å². The summed E-state index contributed by atoms with van der Waals surface area (Å²) >= 11 is 5.47. The van der Waals surface area contributed by atoms with Crippen LogP contribution in [-0.2, 0) is 0 Å². The Kier molecular flexibility index (Phi) is 3.61.